The van der Waals surface area contributed by atoms with Gasteiger partial charge in [0, 0.05) is 12.5 Å². The van der Waals surface area contributed by atoms with Crippen LogP contribution in [-0.4, -0.2) is 17.9 Å². The molecule has 0 aliphatic heterocycles. The number of carbonyl (C=O) groups excluding carboxylic acids is 3. The van der Waals surface area contributed by atoms with Crippen LogP contribution in [0.4, 0.5) is 0 Å². The number of aliphatic carboxylic acids is 1. The molecule has 0 unspecified atom stereocenters. The Morgan fingerprint density at radius 1 is 0.679 bits per heavy atom. The molecule has 0 rings (SSSR count). The predicted molar refractivity (Wildman–Crippen MR) is 105 cm³/mol. The molecule has 0 aliphatic carbocycles. The topological polar surface area (TPSA) is 83.5 Å². The molecule has 0 spiro atoms. The molecule has 5 nitrogen and oxygen atoms in total. The van der Waals surface area contributed by atoms with E-state index in [9.17, 15) is 19.5 Å². The zero-order valence-electron chi connectivity index (χ0n) is 18.0. The van der Waals surface area contributed by atoms with Crippen LogP contribution in [0.5, 0.6) is 0 Å². The SMILES string of the molecule is CCCCCCCCCCCCCCCCCC(=O)OC(=O)C=CC(=O)[O-].[Na+]. The van der Waals surface area contributed by atoms with Crippen molar-refractivity contribution in [1.82, 2.24) is 0 Å². The minimum absolute atomic E-state index is 0. The van der Waals surface area contributed by atoms with Gasteiger partial charge in [-0.05, 0) is 12.5 Å². The summed E-state index contributed by atoms with van der Waals surface area (Å²) < 4.78 is 4.46. The third-order valence-corrected chi connectivity index (χ3v) is 4.55. The molecule has 0 saturated heterocycles. The zero-order chi connectivity index (χ0) is 20.2. The molecule has 0 aromatic heterocycles. The van der Waals surface area contributed by atoms with Crippen LogP contribution >= 0.6 is 0 Å². The van der Waals surface area contributed by atoms with Gasteiger partial charge >= 0.3 is 41.5 Å². The van der Waals surface area contributed by atoms with Crippen molar-refractivity contribution in [2.75, 3.05) is 0 Å². The average molecular weight is 405 g/mol. The maximum Gasteiger partial charge on any atom is 1.00 e. The summed E-state index contributed by atoms with van der Waals surface area (Å²) in [5.74, 6) is -3.08. The molecule has 0 N–H and O–H groups in total. The molecular weight excluding hydrogens is 367 g/mol. The summed E-state index contributed by atoms with van der Waals surface area (Å²) in [5, 5.41) is 10.1. The van der Waals surface area contributed by atoms with Gasteiger partial charge in [0.25, 0.3) is 0 Å². The Hall–Kier alpha value is -0.650. The minimum atomic E-state index is -1.50. The fourth-order valence-corrected chi connectivity index (χ4v) is 2.97. The first kappa shape index (κ1) is 29.6. The molecule has 0 bridgehead atoms. The van der Waals surface area contributed by atoms with Crippen LogP contribution in [-0.2, 0) is 19.1 Å². The van der Waals surface area contributed by atoms with E-state index in [0.717, 1.165) is 12.8 Å². The Morgan fingerprint density at radius 2 is 1.07 bits per heavy atom. The van der Waals surface area contributed by atoms with Crippen molar-refractivity contribution in [1.29, 1.82) is 0 Å². The second-order valence-electron chi connectivity index (χ2n) is 7.15. The second kappa shape index (κ2) is 22.6. The first-order valence-corrected chi connectivity index (χ1v) is 10.7. The van der Waals surface area contributed by atoms with E-state index < -0.39 is 17.9 Å². The number of carboxylic acids is 1. The van der Waals surface area contributed by atoms with Crippen LogP contribution < -0.4 is 34.7 Å². The van der Waals surface area contributed by atoms with Crippen LogP contribution in [0.1, 0.15) is 110 Å². The van der Waals surface area contributed by atoms with Gasteiger partial charge in [0.2, 0.25) is 0 Å². The summed E-state index contributed by atoms with van der Waals surface area (Å²) in [6, 6.07) is 0. The largest absolute Gasteiger partial charge is 1.00 e. The Kier molecular flexibility index (Phi) is 23.9. The predicted octanol–water partition coefficient (Wildman–Crippen LogP) is 1.63. The molecule has 0 aliphatic rings. The zero-order valence-corrected chi connectivity index (χ0v) is 20.0. The molecule has 0 radical (unpaired) electrons. The van der Waals surface area contributed by atoms with Crippen molar-refractivity contribution >= 4 is 17.9 Å². The molecule has 6 heteroatoms. The first-order chi connectivity index (χ1) is 13.1. The maximum atomic E-state index is 11.4. The van der Waals surface area contributed by atoms with E-state index in [1.54, 1.807) is 0 Å². The van der Waals surface area contributed by atoms with Crippen LogP contribution in [0.3, 0.4) is 0 Å². The third kappa shape index (κ3) is 23.4. The molecule has 0 fully saturated rings. The van der Waals surface area contributed by atoms with Gasteiger partial charge in [-0.2, -0.15) is 0 Å². The van der Waals surface area contributed by atoms with E-state index >= 15 is 0 Å². The van der Waals surface area contributed by atoms with Crippen molar-refractivity contribution in [2.45, 2.75) is 110 Å². The van der Waals surface area contributed by atoms with E-state index in [4.69, 9.17) is 0 Å². The summed E-state index contributed by atoms with van der Waals surface area (Å²) >= 11 is 0. The van der Waals surface area contributed by atoms with Gasteiger partial charge in [-0.3, -0.25) is 4.79 Å². The van der Waals surface area contributed by atoms with E-state index in [2.05, 4.69) is 11.7 Å². The fraction of sp³-hybridized carbons (Fsp3) is 0.773. The number of carboxylic acid groups (broad SMARTS) is 1. The molecule has 0 heterocycles. The van der Waals surface area contributed by atoms with Crippen LogP contribution in [0, 0.1) is 0 Å². The van der Waals surface area contributed by atoms with Gasteiger partial charge < -0.3 is 14.6 Å². The molecule has 0 atom stereocenters. The quantitative estimate of drug-likeness (QED) is 0.114. The summed E-state index contributed by atoms with van der Waals surface area (Å²) in [7, 11) is 0. The Morgan fingerprint density at radius 3 is 1.46 bits per heavy atom. The monoisotopic (exact) mass is 404 g/mol. The third-order valence-electron chi connectivity index (χ3n) is 4.55. The molecule has 28 heavy (non-hydrogen) atoms. The number of ether oxygens (including phenoxy) is 1. The van der Waals surface area contributed by atoms with Crippen LogP contribution in [0.2, 0.25) is 0 Å². The van der Waals surface area contributed by atoms with Crippen molar-refractivity contribution in [3.63, 3.8) is 0 Å². The summed E-state index contributed by atoms with van der Waals surface area (Å²) in [4.78, 5) is 32.6. The molecule has 0 saturated carbocycles. The number of hydrogen-bond donors (Lipinski definition) is 0. The molecule has 0 aromatic rings. The molecule has 0 amide bonds. The van der Waals surface area contributed by atoms with Crippen LogP contribution in [0.15, 0.2) is 12.2 Å². The number of rotatable bonds is 18. The summed E-state index contributed by atoms with van der Waals surface area (Å²) in [6.07, 6.45) is 20.1. The molecule has 156 valence electrons. The fourth-order valence-electron chi connectivity index (χ4n) is 2.97. The average Bonchev–Trinajstić information content (AvgIpc) is 2.63. The number of hydrogen-bond acceptors (Lipinski definition) is 5. The van der Waals surface area contributed by atoms with E-state index in [1.807, 2.05) is 0 Å². The van der Waals surface area contributed by atoms with E-state index in [1.165, 1.54) is 77.0 Å². The van der Waals surface area contributed by atoms with Gasteiger partial charge in [-0.1, -0.05) is 96.8 Å². The molecule has 0 aromatic carbocycles. The number of unbranched alkanes of at least 4 members (excludes halogenated alkanes) is 14. The number of esters is 2. The minimum Gasteiger partial charge on any atom is -0.545 e. The van der Waals surface area contributed by atoms with Crippen molar-refractivity contribution < 1.29 is 53.8 Å². The Bertz CT molecular complexity index is 435. The first-order valence-electron chi connectivity index (χ1n) is 10.7. The van der Waals surface area contributed by atoms with E-state index in [0.29, 0.717) is 18.6 Å². The van der Waals surface area contributed by atoms with Crippen molar-refractivity contribution in [3.05, 3.63) is 12.2 Å². The van der Waals surface area contributed by atoms with Gasteiger partial charge in [-0.15, -0.1) is 0 Å². The van der Waals surface area contributed by atoms with Gasteiger partial charge in [0.05, 0.1) is 5.97 Å². The Balaban J connectivity index is 0. The second-order valence-corrected chi connectivity index (χ2v) is 7.15. The van der Waals surface area contributed by atoms with Crippen LogP contribution in [0.25, 0.3) is 0 Å². The normalized spacial score (nSPS) is 10.6. The summed E-state index contributed by atoms with van der Waals surface area (Å²) in [5.41, 5.74) is 0. The van der Waals surface area contributed by atoms with Gasteiger partial charge in [0.15, 0.2) is 0 Å². The standard InChI is InChI=1S/C22H38O5.Na/c1-2-3-4-5-6-7-8-9-10-11-12-13-14-15-16-17-21(25)27-22(26)19-18-20(23)24;/h18-19H,2-17H2,1H3,(H,23,24);/q;+1/p-1. The molecular formula is C22H37NaO5. The van der Waals surface area contributed by atoms with E-state index in [-0.39, 0.29) is 36.0 Å². The Labute approximate surface area is 193 Å². The smallest absolute Gasteiger partial charge is 0.545 e. The van der Waals surface area contributed by atoms with Crippen molar-refractivity contribution in [3.8, 4) is 0 Å². The van der Waals surface area contributed by atoms with Crippen molar-refractivity contribution in [2.24, 2.45) is 0 Å². The van der Waals surface area contributed by atoms with Gasteiger partial charge in [-0.25, -0.2) is 4.79 Å². The van der Waals surface area contributed by atoms with Gasteiger partial charge in [0.1, 0.15) is 0 Å². The number of carbonyl (C=O) groups is 3. The summed E-state index contributed by atoms with van der Waals surface area (Å²) in [6.45, 7) is 2.25. The maximum absolute atomic E-state index is 11.4.